The van der Waals surface area contributed by atoms with E-state index in [1.165, 1.54) is 14.7 Å². The number of guanidine groups is 2. The number of nitrogens with one attached hydrogen (secondary N) is 7. The second kappa shape index (κ2) is 33.7. The largest absolute Gasteiger partial charge is 0.480 e. The van der Waals surface area contributed by atoms with Crippen molar-refractivity contribution in [1.29, 1.82) is 0 Å². The van der Waals surface area contributed by atoms with Crippen molar-refractivity contribution in [1.82, 2.24) is 51.9 Å². The lowest BCUT2D eigenvalue weighted by Crippen LogP contribution is -2.59. The van der Waals surface area contributed by atoms with Crippen molar-refractivity contribution < 1.29 is 57.8 Å². The highest BCUT2D eigenvalue weighted by Gasteiger charge is 2.45. The fraction of sp³-hybridized carbons (Fsp3) is 0.569. The van der Waals surface area contributed by atoms with Crippen molar-refractivity contribution >= 4 is 77.0 Å². The third-order valence-corrected chi connectivity index (χ3v) is 15.8. The maximum absolute atomic E-state index is 15.0. The Morgan fingerprint density at radius 2 is 1.25 bits per heavy atom. The van der Waals surface area contributed by atoms with Gasteiger partial charge in [-0.3, -0.25) is 57.9 Å². The predicted molar refractivity (Wildman–Crippen MR) is 319 cm³/mol. The SMILES string of the molecule is NC(N)=NCCC[C@H](NC(=O)[C@H](Cc1ccccc1)NC(=O)[C@@H]1CCCN1C(=O)[C@@H]1CCC(=O)NCCCC[C@H](N)C(=O)N[C@@H](CCCN=C(N)N)C(=O)N2CCC[C@H]2C(=O)N2CCC[C@H]2C(=O)NCC(=O)N[C@@H](Cc2ccccc2)C(=O)N1)C(=O)O. The molecule has 4 aliphatic heterocycles. The van der Waals surface area contributed by atoms with Gasteiger partial charge in [-0.05, 0) is 101 Å². The van der Waals surface area contributed by atoms with Crippen LogP contribution in [0.4, 0.5) is 0 Å². The summed E-state index contributed by atoms with van der Waals surface area (Å²) in [6.45, 7) is 0.210. The van der Waals surface area contributed by atoms with E-state index in [0.29, 0.717) is 56.1 Å². The van der Waals surface area contributed by atoms with Gasteiger partial charge in [0.1, 0.15) is 48.3 Å². The number of amides is 10. The van der Waals surface area contributed by atoms with Crippen molar-refractivity contribution in [3.05, 3.63) is 71.8 Å². The van der Waals surface area contributed by atoms with Gasteiger partial charge in [-0.1, -0.05) is 60.7 Å². The number of carboxylic acids is 1. The van der Waals surface area contributed by atoms with Crippen LogP contribution in [0.2, 0.25) is 0 Å². The van der Waals surface area contributed by atoms with Crippen molar-refractivity contribution in [2.24, 2.45) is 38.7 Å². The van der Waals surface area contributed by atoms with Crippen molar-refractivity contribution in [3.63, 3.8) is 0 Å². The first-order valence-electron chi connectivity index (χ1n) is 29.8. The zero-order valence-corrected chi connectivity index (χ0v) is 49.0. The van der Waals surface area contributed by atoms with Crippen LogP contribution in [0.3, 0.4) is 0 Å². The molecule has 0 bridgehead atoms. The summed E-state index contributed by atoms with van der Waals surface area (Å²) in [5, 5.41) is 28.9. The molecule has 0 unspecified atom stereocenters. The predicted octanol–water partition coefficient (Wildman–Crippen LogP) is -3.42. The standard InChI is InChI=1S/C58H85N17O12/c59-37-18-7-8-26-64-46(76)25-24-39(54(84)73-29-12-22-44(73)52(82)72-42(33-36-16-5-2-6-17-36)50(80)71-40(56(86)87)20-10-28-66-58(62)63)70-49(79)41(32-35-14-3-1-4-15-35)68-47(77)34-67-51(81)43-21-11-30-74(43)55(85)45-23-13-31-75(45)53(83)38(69-48(37)78)19-9-27-65-57(60)61/h1-6,14-17,37-45H,7-13,18-34,59H2,(H,64,76)(H,67,81)(H,68,77)(H,69,78)(H,70,79)(H,71,80)(H,72,82)(H,86,87)(H4,60,61,65)(H4,62,63,66)/t37-,38-,39-,40-,41-,42-,43-,44-,45-/m0/s1. The number of benzene rings is 2. The fourth-order valence-electron chi connectivity index (χ4n) is 11.2. The molecule has 87 heavy (non-hydrogen) atoms. The van der Waals surface area contributed by atoms with Crippen LogP contribution >= 0.6 is 0 Å². The lowest BCUT2D eigenvalue weighted by Gasteiger charge is -2.33. The van der Waals surface area contributed by atoms with Gasteiger partial charge < -0.3 is 85.7 Å². The van der Waals surface area contributed by atoms with Gasteiger partial charge in [0, 0.05) is 58.5 Å². The minimum absolute atomic E-state index is 0.0330. The first kappa shape index (κ1) is 67.2. The van der Waals surface area contributed by atoms with Crippen LogP contribution in [0.15, 0.2) is 70.6 Å². The summed E-state index contributed by atoms with van der Waals surface area (Å²) in [4.78, 5) is 166. The number of hydrogen-bond donors (Lipinski definition) is 13. The van der Waals surface area contributed by atoms with Gasteiger partial charge in [-0.25, -0.2) is 4.79 Å². The van der Waals surface area contributed by atoms with Gasteiger partial charge in [0.25, 0.3) is 0 Å². The Morgan fingerprint density at radius 1 is 0.621 bits per heavy atom. The first-order valence-corrected chi connectivity index (χ1v) is 29.8. The van der Waals surface area contributed by atoms with E-state index >= 15 is 0 Å². The van der Waals surface area contributed by atoms with Crippen LogP contribution in [-0.4, -0.2) is 197 Å². The van der Waals surface area contributed by atoms with E-state index in [9.17, 15) is 57.8 Å². The number of nitrogens with zero attached hydrogens (tertiary/aromatic N) is 5. The zero-order chi connectivity index (χ0) is 63.0. The van der Waals surface area contributed by atoms with Crippen LogP contribution in [-0.2, 0) is 65.6 Å². The van der Waals surface area contributed by atoms with Gasteiger partial charge in [-0.2, -0.15) is 0 Å². The summed E-state index contributed by atoms with van der Waals surface area (Å²) in [5.41, 5.74) is 29.5. The molecule has 29 heteroatoms. The van der Waals surface area contributed by atoms with E-state index in [-0.39, 0.29) is 115 Å². The molecule has 4 aliphatic rings. The molecule has 0 radical (unpaired) electrons. The van der Waals surface area contributed by atoms with E-state index < -0.39 is 126 Å². The molecule has 0 saturated carbocycles. The number of carbonyl (C=O) groups excluding carboxylic acids is 10. The van der Waals surface area contributed by atoms with Gasteiger partial charge in [0.15, 0.2) is 11.9 Å². The highest BCUT2D eigenvalue weighted by molar-refractivity contribution is 5.99. The second-order valence-electron chi connectivity index (χ2n) is 22.3. The molecular weight excluding hydrogens is 1130 g/mol. The van der Waals surface area contributed by atoms with Crippen molar-refractivity contribution in [2.75, 3.05) is 45.8 Å². The maximum atomic E-state index is 15.0. The average molecular weight is 1210 g/mol. The van der Waals surface area contributed by atoms with Gasteiger partial charge in [0.05, 0.1) is 12.6 Å². The molecule has 2 aromatic rings. The smallest absolute Gasteiger partial charge is 0.326 e. The lowest BCUT2D eigenvalue weighted by atomic mass is 10.0. The molecule has 4 heterocycles. The highest BCUT2D eigenvalue weighted by atomic mass is 16.4. The van der Waals surface area contributed by atoms with Crippen LogP contribution in [0.5, 0.6) is 0 Å². The van der Waals surface area contributed by atoms with Crippen LogP contribution < -0.4 is 65.9 Å². The molecule has 18 N–H and O–H groups in total. The molecule has 4 fully saturated rings. The number of rotatable bonds is 18. The number of fused-ring (bicyclic) bond motifs is 2. The first-order chi connectivity index (χ1) is 41.7. The van der Waals surface area contributed by atoms with Gasteiger partial charge in [-0.15, -0.1) is 0 Å². The lowest BCUT2D eigenvalue weighted by molar-refractivity contribution is -0.148. The summed E-state index contributed by atoms with van der Waals surface area (Å²) in [6, 6.07) is 6.53. The average Bonchev–Trinajstić information content (AvgIpc) is 2.09. The van der Waals surface area contributed by atoms with Crippen molar-refractivity contribution in [2.45, 2.75) is 164 Å². The Balaban J connectivity index is 1.24. The van der Waals surface area contributed by atoms with E-state index in [0.717, 1.165) is 0 Å². The molecular formula is C58H85N17O12. The van der Waals surface area contributed by atoms with Crippen LogP contribution in [0, 0.1) is 0 Å². The number of likely N-dealkylation sites (tertiary alicyclic amines) is 1. The number of carboxylic acid groups (broad SMARTS) is 1. The number of nitrogens with two attached hydrogens (primary N) is 5. The monoisotopic (exact) mass is 1210 g/mol. The Morgan fingerprint density at radius 3 is 1.92 bits per heavy atom. The fourth-order valence-corrected chi connectivity index (χ4v) is 11.2. The molecule has 2 aromatic carbocycles. The number of carbonyl (C=O) groups is 11. The minimum atomic E-state index is -1.46. The van der Waals surface area contributed by atoms with E-state index in [1.807, 2.05) is 0 Å². The Labute approximate surface area is 504 Å². The topological polar surface area (TPSA) is 457 Å². The highest BCUT2D eigenvalue weighted by Crippen LogP contribution is 2.27. The third-order valence-electron chi connectivity index (χ3n) is 15.8. The van der Waals surface area contributed by atoms with E-state index in [1.54, 1.807) is 60.7 Å². The normalized spacial score (nSPS) is 23.9. The van der Waals surface area contributed by atoms with Gasteiger partial charge >= 0.3 is 5.97 Å². The number of aliphatic carboxylic acids is 1. The molecule has 6 rings (SSSR count). The molecule has 0 spiro atoms. The van der Waals surface area contributed by atoms with Crippen LogP contribution in [0.25, 0.3) is 0 Å². The Kier molecular flexibility index (Phi) is 26.1. The van der Waals surface area contributed by atoms with E-state index in [2.05, 4.69) is 47.2 Å². The van der Waals surface area contributed by atoms with Gasteiger partial charge in [0.2, 0.25) is 59.1 Å². The minimum Gasteiger partial charge on any atom is -0.480 e. The van der Waals surface area contributed by atoms with E-state index in [4.69, 9.17) is 28.7 Å². The summed E-state index contributed by atoms with van der Waals surface area (Å²) >= 11 is 0. The zero-order valence-electron chi connectivity index (χ0n) is 49.0. The number of aliphatic imine (C=N–C) groups is 2. The summed E-state index contributed by atoms with van der Waals surface area (Å²) in [7, 11) is 0. The second-order valence-corrected chi connectivity index (χ2v) is 22.3. The molecule has 0 aliphatic carbocycles. The summed E-state index contributed by atoms with van der Waals surface area (Å²) in [6.07, 6.45) is 2.67. The molecule has 10 amide bonds. The maximum Gasteiger partial charge on any atom is 0.326 e. The molecule has 29 nitrogen and oxygen atoms in total. The third kappa shape index (κ3) is 20.7. The van der Waals surface area contributed by atoms with Crippen molar-refractivity contribution in [3.8, 4) is 0 Å². The summed E-state index contributed by atoms with van der Waals surface area (Å²) < 4.78 is 0. The number of hydrogen-bond acceptors (Lipinski definition) is 14. The quantitative estimate of drug-likeness (QED) is 0.0393. The Hall–Kier alpha value is -8.89. The molecule has 474 valence electrons. The molecule has 0 aromatic heterocycles. The van der Waals surface area contributed by atoms with Crippen LogP contribution in [0.1, 0.15) is 107 Å². The molecule has 9 atom stereocenters. The summed E-state index contributed by atoms with van der Waals surface area (Å²) in [5.74, 6) is -8.31. The Bertz CT molecular complexity index is 2800. The molecule has 4 saturated heterocycles.